The van der Waals surface area contributed by atoms with Crippen molar-refractivity contribution < 1.29 is 4.92 Å². The van der Waals surface area contributed by atoms with Crippen LogP contribution in [0.2, 0.25) is 0 Å². The molecule has 0 fully saturated rings. The van der Waals surface area contributed by atoms with Gasteiger partial charge in [-0.3, -0.25) is 10.1 Å². The van der Waals surface area contributed by atoms with Gasteiger partial charge < -0.3 is 10.6 Å². The molecule has 1 aromatic heterocycles. The predicted octanol–water partition coefficient (Wildman–Crippen LogP) is 2.42. The lowest BCUT2D eigenvalue weighted by molar-refractivity contribution is -0.383. The molecule has 1 heterocycles. The van der Waals surface area contributed by atoms with Crippen LogP contribution in [0, 0.1) is 10.1 Å². The smallest absolute Gasteiger partial charge is 0.353 e. The molecule has 0 aliphatic rings. The quantitative estimate of drug-likeness (QED) is 0.440. The van der Waals surface area contributed by atoms with Gasteiger partial charge >= 0.3 is 5.69 Å². The second-order valence-electron chi connectivity index (χ2n) is 4.26. The average Bonchev–Trinajstić information content (AvgIpc) is 2.28. The summed E-state index contributed by atoms with van der Waals surface area (Å²) in [5.74, 6) is 0.524. The number of nitrogens with one attached hydrogen (secondary N) is 2. The fraction of sp³-hybridized carbons (Fsp3) is 0.636. The number of unbranched alkanes of at least 4 members (excludes halogenated alkanes) is 1. The van der Waals surface area contributed by atoms with E-state index in [0.717, 1.165) is 12.8 Å². The lowest BCUT2D eigenvalue weighted by atomic mass is 10.3. The summed E-state index contributed by atoms with van der Waals surface area (Å²) in [6.07, 6.45) is 3.28. The molecule has 18 heavy (non-hydrogen) atoms. The highest BCUT2D eigenvalue weighted by molar-refractivity contribution is 5.69. The van der Waals surface area contributed by atoms with Crippen LogP contribution in [-0.2, 0) is 0 Å². The summed E-state index contributed by atoms with van der Waals surface area (Å²) >= 11 is 0. The molecule has 1 aromatic rings. The second-order valence-corrected chi connectivity index (χ2v) is 4.26. The third kappa shape index (κ3) is 3.83. The summed E-state index contributed by atoms with van der Waals surface area (Å²) in [6, 6.07) is 0.0714. The van der Waals surface area contributed by atoms with Crippen molar-refractivity contribution in [1.29, 1.82) is 0 Å². The van der Waals surface area contributed by atoms with E-state index in [1.165, 1.54) is 6.33 Å². The molecule has 7 heteroatoms. The van der Waals surface area contributed by atoms with E-state index in [9.17, 15) is 10.1 Å². The van der Waals surface area contributed by atoms with E-state index in [1.807, 2.05) is 13.8 Å². The van der Waals surface area contributed by atoms with Crippen LogP contribution >= 0.6 is 0 Å². The molecule has 0 bridgehead atoms. The van der Waals surface area contributed by atoms with Crippen LogP contribution in [0.4, 0.5) is 17.3 Å². The molecular formula is C11H19N5O2. The third-order valence-corrected chi connectivity index (χ3v) is 2.25. The summed E-state index contributed by atoms with van der Waals surface area (Å²) in [6.45, 7) is 6.52. The molecule has 0 radical (unpaired) electrons. The van der Waals surface area contributed by atoms with Gasteiger partial charge in [0.15, 0.2) is 0 Å². The van der Waals surface area contributed by atoms with Crippen molar-refractivity contribution in [2.24, 2.45) is 0 Å². The Morgan fingerprint density at radius 3 is 2.61 bits per heavy atom. The van der Waals surface area contributed by atoms with Gasteiger partial charge in [-0.15, -0.1) is 0 Å². The Bertz CT molecular complexity index is 408. The fourth-order valence-electron chi connectivity index (χ4n) is 1.44. The van der Waals surface area contributed by atoms with Gasteiger partial charge in [-0.25, -0.2) is 9.97 Å². The average molecular weight is 253 g/mol. The molecule has 0 saturated heterocycles. The Morgan fingerprint density at radius 2 is 2.06 bits per heavy atom. The van der Waals surface area contributed by atoms with E-state index < -0.39 is 4.92 Å². The van der Waals surface area contributed by atoms with Crippen LogP contribution in [0.15, 0.2) is 6.33 Å². The van der Waals surface area contributed by atoms with Crippen molar-refractivity contribution in [2.45, 2.75) is 39.7 Å². The zero-order valence-corrected chi connectivity index (χ0v) is 10.9. The van der Waals surface area contributed by atoms with Crippen molar-refractivity contribution in [1.82, 2.24) is 9.97 Å². The van der Waals surface area contributed by atoms with Gasteiger partial charge in [0, 0.05) is 12.6 Å². The molecule has 0 aliphatic heterocycles. The third-order valence-electron chi connectivity index (χ3n) is 2.25. The standard InChI is InChI=1S/C11H19N5O2/c1-4-5-6-12-10-9(16(17)18)11(14-7-13-10)15-8(2)3/h7-8H,4-6H2,1-3H3,(H2,12,13,14,15). The molecule has 100 valence electrons. The van der Waals surface area contributed by atoms with Gasteiger partial charge in [0.05, 0.1) is 4.92 Å². The van der Waals surface area contributed by atoms with Crippen molar-refractivity contribution in [3.05, 3.63) is 16.4 Å². The van der Waals surface area contributed by atoms with Crippen LogP contribution in [0.5, 0.6) is 0 Å². The first-order chi connectivity index (χ1) is 8.56. The topological polar surface area (TPSA) is 93.0 Å². The van der Waals surface area contributed by atoms with E-state index in [2.05, 4.69) is 27.5 Å². The number of nitro groups is 1. The lowest BCUT2D eigenvalue weighted by Crippen LogP contribution is -2.15. The van der Waals surface area contributed by atoms with Crippen molar-refractivity contribution in [3.63, 3.8) is 0 Å². The zero-order chi connectivity index (χ0) is 13.5. The maximum atomic E-state index is 11.1. The molecule has 0 spiro atoms. The molecule has 1 rings (SSSR count). The first-order valence-electron chi connectivity index (χ1n) is 6.06. The van der Waals surface area contributed by atoms with Gasteiger partial charge in [0.25, 0.3) is 0 Å². The number of hydrogen-bond donors (Lipinski definition) is 2. The van der Waals surface area contributed by atoms with Crippen molar-refractivity contribution in [2.75, 3.05) is 17.2 Å². The Hall–Kier alpha value is -1.92. The molecule has 0 saturated carbocycles. The highest BCUT2D eigenvalue weighted by atomic mass is 16.6. The highest BCUT2D eigenvalue weighted by Gasteiger charge is 2.22. The number of aromatic nitrogens is 2. The molecule has 0 aromatic carbocycles. The summed E-state index contributed by atoms with van der Waals surface area (Å²) in [5, 5.41) is 17.0. The normalized spacial score (nSPS) is 10.4. The van der Waals surface area contributed by atoms with E-state index in [1.54, 1.807) is 0 Å². The maximum Gasteiger partial charge on any atom is 0.353 e. The Balaban J connectivity index is 2.98. The minimum Gasteiger partial charge on any atom is -0.364 e. The van der Waals surface area contributed by atoms with Gasteiger partial charge in [-0.2, -0.15) is 0 Å². The van der Waals surface area contributed by atoms with Gasteiger partial charge in [-0.1, -0.05) is 13.3 Å². The Morgan fingerprint density at radius 1 is 1.39 bits per heavy atom. The van der Waals surface area contributed by atoms with E-state index in [-0.39, 0.29) is 23.4 Å². The second kappa shape index (κ2) is 6.73. The van der Waals surface area contributed by atoms with Crippen LogP contribution in [0.25, 0.3) is 0 Å². The number of nitrogens with zero attached hydrogens (tertiary/aromatic N) is 3. The Labute approximate surface area is 106 Å². The van der Waals surface area contributed by atoms with Crippen LogP contribution in [0.3, 0.4) is 0 Å². The van der Waals surface area contributed by atoms with Crippen LogP contribution in [0.1, 0.15) is 33.6 Å². The van der Waals surface area contributed by atoms with E-state index >= 15 is 0 Å². The first kappa shape index (κ1) is 14.1. The summed E-state index contributed by atoms with van der Waals surface area (Å²) in [4.78, 5) is 18.5. The molecule has 0 atom stereocenters. The number of hydrogen-bond acceptors (Lipinski definition) is 6. The summed E-state index contributed by atoms with van der Waals surface area (Å²) in [7, 11) is 0. The van der Waals surface area contributed by atoms with Gasteiger partial charge in [0.2, 0.25) is 11.6 Å². The van der Waals surface area contributed by atoms with Gasteiger partial charge in [-0.05, 0) is 20.3 Å². The number of rotatable bonds is 7. The monoisotopic (exact) mass is 253 g/mol. The van der Waals surface area contributed by atoms with Crippen molar-refractivity contribution in [3.8, 4) is 0 Å². The highest BCUT2D eigenvalue weighted by Crippen LogP contribution is 2.29. The minimum absolute atomic E-state index is 0.0714. The molecular weight excluding hydrogens is 234 g/mol. The molecule has 2 N–H and O–H groups in total. The lowest BCUT2D eigenvalue weighted by Gasteiger charge is -2.11. The Kier molecular flexibility index (Phi) is 5.29. The molecule has 0 amide bonds. The molecule has 0 unspecified atom stereocenters. The number of anilines is 2. The van der Waals surface area contributed by atoms with Gasteiger partial charge in [0.1, 0.15) is 6.33 Å². The van der Waals surface area contributed by atoms with E-state index in [0.29, 0.717) is 6.54 Å². The molecule has 7 nitrogen and oxygen atoms in total. The van der Waals surface area contributed by atoms with Crippen LogP contribution in [-0.4, -0.2) is 27.5 Å². The van der Waals surface area contributed by atoms with Crippen molar-refractivity contribution >= 4 is 17.3 Å². The predicted molar refractivity (Wildman–Crippen MR) is 70.8 cm³/mol. The maximum absolute atomic E-state index is 11.1. The van der Waals surface area contributed by atoms with E-state index in [4.69, 9.17) is 0 Å². The fourth-order valence-corrected chi connectivity index (χ4v) is 1.44. The summed E-state index contributed by atoms with van der Waals surface area (Å²) < 4.78 is 0. The zero-order valence-electron chi connectivity index (χ0n) is 10.9. The largest absolute Gasteiger partial charge is 0.364 e. The summed E-state index contributed by atoms with van der Waals surface area (Å²) in [5.41, 5.74) is -0.0951. The minimum atomic E-state index is -0.459. The molecule has 0 aliphatic carbocycles. The van der Waals surface area contributed by atoms with Crippen LogP contribution < -0.4 is 10.6 Å². The SMILES string of the molecule is CCCCNc1ncnc(NC(C)C)c1[N+](=O)[O-]. The first-order valence-corrected chi connectivity index (χ1v) is 6.06.